The van der Waals surface area contributed by atoms with Crippen molar-refractivity contribution < 1.29 is 8.42 Å². The molecule has 0 saturated heterocycles. The van der Waals surface area contributed by atoms with Gasteiger partial charge in [-0.15, -0.1) is 0 Å². The van der Waals surface area contributed by atoms with Gasteiger partial charge in [0.15, 0.2) is 0 Å². The predicted molar refractivity (Wildman–Crippen MR) is 89.5 cm³/mol. The number of hydrogen-bond acceptors (Lipinski definition) is 3. The molecule has 0 heterocycles. The molecule has 0 aromatic heterocycles. The van der Waals surface area contributed by atoms with Crippen LogP contribution in [0.15, 0.2) is 24.3 Å². The highest BCUT2D eigenvalue weighted by atomic mass is 32.2. The van der Waals surface area contributed by atoms with Crippen LogP contribution in [-0.2, 0) is 15.8 Å². The van der Waals surface area contributed by atoms with Crippen LogP contribution >= 0.6 is 12.2 Å². The second kappa shape index (κ2) is 6.42. The van der Waals surface area contributed by atoms with Crippen LogP contribution in [-0.4, -0.2) is 20.0 Å². The first-order chi connectivity index (χ1) is 9.80. The first-order valence-electron chi connectivity index (χ1n) is 7.16. The van der Waals surface area contributed by atoms with E-state index in [2.05, 4.69) is 11.6 Å². The lowest BCUT2D eigenvalue weighted by Gasteiger charge is -2.23. The molecule has 0 amide bonds. The van der Waals surface area contributed by atoms with Crippen molar-refractivity contribution in [3.8, 4) is 0 Å². The summed E-state index contributed by atoms with van der Waals surface area (Å²) >= 11 is 4.91. The van der Waals surface area contributed by atoms with E-state index >= 15 is 0 Å². The maximum absolute atomic E-state index is 12.2. The van der Waals surface area contributed by atoms with E-state index in [1.165, 1.54) is 12.8 Å². The van der Waals surface area contributed by atoms with E-state index in [4.69, 9.17) is 18.0 Å². The maximum Gasteiger partial charge on any atom is 0.215 e. The zero-order chi connectivity index (χ0) is 15.5. The fourth-order valence-corrected chi connectivity index (χ4v) is 4.19. The summed E-state index contributed by atoms with van der Waals surface area (Å²) in [5.41, 5.74) is 7.07. The molecule has 2 rings (SSSR count). The van der Waals surface area contributed by atoms with Gasteiger partial charge < -0.3 is 5.73 Å². The molecule has 0 radical (unpaired) electrons. The Hall–Kier alpha value is -0.980. The molecule has 21 heavy (non-hydrogen) atoms. The molecule has 3 N–H and O–H groups in total. The molecule has 0 atom stereocenters. The van der Waals surface area contributed by atoms with Gasteiger partial charge in [-0.1, -0.05) is 50.2 Å². The molecular formula is C15H22N2O2S2. The summed E-state index contributed by atoms with van der Waals surface area (Å²) in [4.78, 5) is 0.278. The Balaban J connectivity index is 2.00. The van der Waals surface area contributed by atoms with Crippen molar-refractivity contribution >= 4 is 27.2 Å². The molecule has 1 fully saturated rings. The summed E-state index contributed by atoms with van der Waals surface area (Å²) in [6.07, 6.45) is 4.56. The van der Waals surface area contributed by atoms with Gasteiger partial charge in [0.1, 0.15) is 4.99 Å². The van der Waals surface area contributed by atoms with Crippen LogP contribution in [0, 0.1) is 5.41 Å². The summed E-state index contributed by atoms with van der Waals surface area (Å²) in [5, 5.41) is 0. The van der Waals surface area contributed by atoms with Gasteiger partial charge >= 0.3 is 0 Å². The minimum atomic E-state index is -3.34. The first-order valence-corrected chi connectivity index (χ1v) is 9.22. The summed E-state index contributed by atoms with van der Waals surface area (Å²) in [5.74, 6) is -0.0421. The van der Waals surface area contributed by atoms with Gasteiger partial charge in [0.05, 0.1) is 5.75 Å². The zero-order valence-electron chi connectivity index (χ0n) is 12.3. The molecule has 0 bridgehead atoms. The highest BCUT2D eigenvalue weighted by molar-refractivity contribution is 7.88. The summed E-state index contributed by atoms with van der Waals surface area (Å²) in [6.45, 7) is 2.67. The van der Waals surface area contributed by atoms with Crippen molar-refractivity contribution in [3.63, 3.8) is 0 Å². The third-order valence-corrected chi connectivity index (χ3v) is 5.63. The van der Waals surface area contributed by atoms with E-state index in [1.54, 1.807) is 24.3 Å². The largest absolute Gasteiger partial charge is 0.389 e. The summed E-state index contributed by atoms with van der Waals surface area (Å²) in [7, 11) is -3.34. The Morgan fingerprint density at radius 1 is 1.38 bits per heavy atom. The molecule has 0 spiro atoms. The quantitative estimate of drug-likeness (QED) is 0.787. The normalized spacial score (nSPS) is 17.8. The summed E-state index contributed by atoms with van der Waals surface area (Å²) in [6, 6.07) is 7.07. The monoisotopic (exact) mass is 326 g/mol. The third-order valence-electron chi connectivity index (χ3n) is 4.10. The van der Waals surface area contributed by atoms with Gasteiger partial charge in [0.2, 0.25) is 10.0 Å². The van der Waals surface area contributed by atoms with Crippen molar-refractivity contribution in [2.24, 2.45) is 11.1 Å². The van der Waals surface area contributed by atoms with Crippen LogP contribution in [0.25, 0.3) is 0 Å². The molecule has 1 aliphatic rings. The lowest BCUT2D eigenvalue weighted by molar-refractivity contribution is 0.336. The minimum Gasteiger partial charge on any atom is -0.389 e. The van der Waals surface area contributed by atoms with Crippen LogP contribution in [0.1, 0.15) is 43.7 Å². The van der Waals surface area contributed by atoms with Crippen molar-refractivity contribution in [2.75, 3.05) is 6.54 Å². The van der Waals surface area contributed by atoms with Crippen LogP contribution in [0.3, 0.4) is 0 Å². The topological polar surface area (TPSA) is 72.2 Å². The van der Waals surface area contributed by atoms with Gasteiger partial charge in [-0.25, -0.2) is 13.1 Å². The second-order valence-electron chi connectivity index (χ2n) is 6.16. The van der Waals surface area contributed by atoms with E-state index in [-0.39, 0.29) is 16.2 Å². The Morgan fingerprint density at radius 2 is 2.05 bits per heavy atom. The number of hydrogen-bond donors (Lipinski definition) is 2. The standard InChI is InChI=1S/C15H22N2O2S2/c1-15(7-2-3-8-15)11-17-21(18,19)10-12-5-4-6-13(9-12)14(16)20/h4-6,9,17H,2-3,7-8,10-11H2,1H3,(H2,16,20). The van der Waals surface area contributed by atoms with Gasteiger partial charge in [0.25, 0.3) is 0 Å². The molecule has 116 valence electrons. The first kappa shape index (κ1) is 16.4. The Kier molecular flexibility index (Phi) is 5.01. The van der Waals surface area contributed by atoms with Crippen LogP contribution in [0.5, 0.6) is 0 Å². The molecule has 1 saturated carbocycles. The van der Waals surface area contributed by atoms with E-state index in [1.807, 2.05) is 0 Å². The van der Waals surface area contributed by atoms with Gasteiger partial charge in [-0.2, -0.15) is 0 Å². The van der Waals surface area contributed by atoms with Gasteiger partial charge in [-0.05, 0) is 29.9 Å². The average molecular weight is 326 g/mol. The number of rotatable bonds is 6. The molecule has 0 unspecified atom stereocenters. The van der Waals surface area contributed by atoms with Gasteiger partial charge in [-0.3, -0.25) is 0 Å². The summed E-state index contributed by atoms with van der Waals surface area (Å²) < 4.78 is 27.2. The minimum absolute atomic E-state index is 0.0421. The number of benzene rings is 1. The van der Waals surface area contributed by atoms with Crippen molar-refractivity contribution in [1.82, 2.24) is 4.72 Å². The molecule has 1 aromatic carbocycles. The molecule has 6 heteroatoms. The predicted octanol–water partition coefficient (Wildman–Crippen LogP) is 2.32. The highest BCUT2D eigenvalue weighted by Gasteiger charge is 2.29. The van der Waals surface area contributed by atoms with Crippen LogP contribution in [0.4, 0.5) is 0 Å². The van der Waals surface area contributed by atoms with E-state index in [9.17, 15) is 8.42 Å². The molecule has 1 aliphatic carbocycles. The fraction of sp³-hybridized carbons (Fsp3) is 0.533. The van der Waals surface area contributed by atoms with E-state index < -0.39 is 10.0 Å². The smallest absolute Gasteiger partial charge is 0.215 e. The maximum atomic E-state index is 12.2. The Bertz CT molecular complexity index is 620. The highest BCUT2D eigenvalue weighted by Crippen LogP contribution is 2.36. The third kappa shape index (κ3) is 4.76. The zero-order valence-corrected chi connectivity index (χ0v) is 13.9. The van der Waals surface area contributed by atoms with Gasteiger partial charge in [0, 0.05) is 12.1 Å². The molecule has 4 nitrogen and oxygen atoms in total. The van der Waals surface area contributed by atoms with Crippen LogP contribution in [0.2, 0.25) is 0 Å². The average Bonchev–Trinajstić information content (AvgIpc) is 2.84. The number of nitrogens with two attached hydrogens (primary N) is 1. The Morgan fingerprint density at radius 3 is 2.67 bits per heavy atom. The number of nitrogens with one attached hydrogen (secondary N) is 1. The second-order valence-corrected chi connectivity index (χ2v) is 8.41. The number of thiocarbonyl (C=S) groups is 1. The molecule has 0 aliphatic heterocycles. The fourth-order valence-electron chi connectivity index (χ4n) is 2.77. The van der Waals surface area contributed by atoms with E-state index in [0.29, 0.717) is 17.7 Å². The van der Waals surface area contributed by atoms with Crippen molar-refractivity contribution in [2.45, 2.75) is 38.4 Å². The lowest BCUT2D eigenvalue weighted by atomic mass is 9.89. The van der Waals surface area contributed by atoms with Crippen LogP contribution < -0.4 is 10.5 Å². The SMILES string of the molecule is CC1(CNS(=O)(=O)Cc2cccc(C(N)=S)c2)CCCC1. The van der Waals surface area contributed by atoms with Crippen molar-refractivity contribution in [3.05, 3.63) is 35.4 Å². The van der Waals surface area contributed by atoms with E-state index in [0.717, 1.165) is 12.8 Å². The number of sulfonamides is 1. The van der Waals surface area contributed by atoms with Crippen molar-refractivity contribution in [1.29, 1.82) is 0 Å². The molecular weight excluding hydrogens is 304 g/mol. The molecule has 1 aromatic rings. The lowest BCUT2D eigenvalue weighted by Crippen LogP contribution is -2.34. The Labute approximate surface area is 132 Å².